The maximum absolute atomic E-state index is 14.5. The van der Waals surface area contributed by atoms with E-state index in [0.29, 0.717) is 22.2 Å². The Labute approximate surface area is 271 Å². The summed E-state index contributed by atoms with van der Waals surface area (Å²) in [5, 5.41) is 22.0. The minimum atomic E-state index is -1.32. The summed E-state index contributed by atoms with van der Waals surface area (Å²) in [4.78, 5) is 75.7. The number of ketones is 1. The van der Waals surface area contributed by atoms with Crippen LogP contribution in [0.25, 0.3) is 10.9 Å². The van der Waals surface area contributed by atoms with Gasteiger partial charge in [-0.25, -0.2) is 9.67 Å². The summed E-state index contributed by atoms with van der Waals surface area (Å²) < 4.78 is 1.48. The molecule has 14 heteroatoms. The summed E-state index contributed by atoms with van der Waals surface area (Å²) in [7, 11) is 0. The number of aliphatic hydroxyl groups is 1. The molecule has 4 amide bonds. The first-order valence-corrected chi connectivity index (χ1v) is 15.9. The number of pyridine rings is 1. The normalized spacial score (nSPS) is 19.8. The van der Waals surface area contributed by atoms with Crippen molar-refractivity contribution in [3.63, 3.8) is 0 Å². The number of nitrogens with two attached hydrogens (primary N) is 1. The summed E-state index contributed by atoms with van der Waals surface area (Å²) in [6.45, 7) is 4.47. The summed E-state index contributed by atoms with van der Waals surface area (Å²) in [5.41, 5.74) is 5.14. The van der Waals surface area contributed by atoms with Crippen LogP contribution in [0.2, 0.25) is 0 Å². The number of nitrogens with zero attached hydrogens (tertiary/aromatic N) is 6. The molecular formula is C33H40N8O6. The average Bonchev–Trinajstić information content (AvgIpc) is 3.72. The monoisotopic (exact) mass is 644 g/mol. The first kappa shape index (κ1) is 33.5. The van der Waals surface area contributed by atoms with Gasteiger partial charge in [-0.2, -0.15) is 0 Å². The number of carbonyl (C=O) groups excluding carboxylic acids is 5. The molecule has 3 aromatic rings. The summed E-state index contributed by atoms with van der Waals surface area (Å²) >= 11 is 0. The van der Waals surface area contributed by atoms with Crippen LogP contribution in [0.15, 0.2) is 47.7 Å². The zero-order valence-corrected chi connectivity index (χ0v) is 26.8. The number of likely N-dealkylation sites (tertiary alicyclic amines) is 1. The molecule has 1 aliphatic heterocycles. The van der Waals surface area contributed by atoms with Gasteiger partial charge in [0.2, 0.25) is 11.7 Å². The second-order valence-electron chi connectivity index (χ2n) is 12.9. The molecule has 47 heavy (non-hydrogen) atoms. The highest BCUT2D eigenvalue weighted by Crippen LogP contribution is 2.33. The van der Waals surface area contributed by atoms with Gasteiger partial charge in [-0.15, -0.1) is 5.10 Å². The molecule has 0 bridgehead atoms. The topological polar surface area (TPSA) is 203 Å². The number of hydrogen-bond acceptors (Lipinski definition) is 9. The van der Waals surface area contributed by atoms with Crippen LogP contribution in [0.1, 0.15) is 87.8 Å². The van der Waals surface area contributed by atoms with E-state index in [1.807, 2.05) is 0 Å². The predicted octanol–water partition coefficient (Wildman–Crippen LogP) is 2.01. The van der Waals surface area contributed by atoms with Crippen LogP contribution in [-0.2, 0) is 24.8 Å². The van der Waals surface area contributed by atoms with Crippen LogP contribution in [0, 0.1) is 5.92 Å². The Kier molecular flexibility index (Phi) is 9.89. The van der Waals surface area contributed by atoms with Crippen molar-refractivity contribution in [2.24, 2.45) is 16.6 Å². The lowest BCUT2D eigenvalue weighted by Gasteiger charge is -2.27. The molecule has 0 spiro atoms. The molecule has 1 unspecified atom stereocenters. The number of aromatic nitrogens is 4. The van der Waals surface area contributed by atoms with E-state index in [4.69, 9.17) is 5.73 Å². The van der Waals surface area contributed by atoms with Crippen LogP contribution in [0.3, 0.4) is 0 Å². The van der Waals surface area contributed by atoms with Crippen molar-refractivity contribution in [1.82, 2.24) is 30.2 Å². The number of rotatable bonds is 10. The van der Waals surface area contributed by atoms with E-state index < -0.39 is 53.1 Å². The van der Waals surface area contributed by atoms with Crippen LogP contribution >= 0.6 is 0 Å². The van der Waals surface area contributed by atoms with E-state index in [0.717, 1.165) is 32.1 Å². The van der Waals surface area contributed by atoms with E-state index in [2.05, 4.69) is 25.6 Å². The van der Waals surface area contributed by atoms with Crippen molar-refractivity contribution >= 4 is 46.0 Å². The number of benzene rings is 1. The molecule has 2 fully saturated rings. The summed E-state index contributed by atoms with van der Waals surface area (Å²) in [6, 6.07) is 5.69. The molecule has 1 saturated carbocycles. The van der Waals surface area contributed by atoms with Crippen molar-refractivity contribution in [1.29, 1.82) is 0 Å². The van der Waals surface area contributed by atoms with Gasteiger partial charge in [0.1, 0.15) is 17.4 Å². The average molecular weight is 645 g/mol. The quantitative estimate of drug-likeness (QED) is 0.218. The van der Waals surface area contributed by atoms with Gasteiger partial charge in [0.05, 0.1) is 35.1 Å². The van der Waals surface area contributed by atoms with Crippen molar-refractivity contribution in [2.45, 2.75) is 89.4 Å². The second-order valence-corrected chi connectivity index (χ2v) is 12.9. The van der Waals surface area contributed by atoms with Gasteiger partial charge in [-0.1, -0.05) is 49.5 Å². The first-order valence-electron chi connectivity index (χ1n) is 15.9. The number of amides is 4. The van der Waals surface area contributed by atoms with Gasteiger partial charge in [0.25, 0.3) is 17.7 Å². The molecule has 248 valence electrons. The maximum Gasteiger partial charge on any atom is 0.287 e. The van der Waals surface area contributed by atoms with E-state index in [1.54, 1.807) is 50.4 Å². The van der Waals surface area contributed by atoms with Crippen LogP contribution < -0.4 is 11.1 Å². The minimum absolute atomic E-state index is 0.0163. The number of hydrogen-bond donors (Lipinski definition) is 3. The molecule has 1 aliphatic carbocycles. The number of Topliss-reactive ketones (excluding diaryl/α,β-unsaturated/α-hetero) is 1. The van der Waals surface area contributed by atoms with Gasteiger partial charge in [-0.3, -0.25) is 29.0 Å². The highest BCUT2D eigenvalue weighted by Gasteiger charge is 2.44. The van der Waals surface area contributed by atoms with E-state index in [1.165, 1.54) is 22.7 Å². The predicted molar refractivity (Wildman–Crippen MR) is 171 cm³/mol. The van der Waals surface area contributed by atoms with Crippen molar-refractivity contribution in [2.75, 3.05) is 6.54 Å². The molecular weight excluding hydrogens is 604 g/mol. The fourth-order valence-electron chi connectivity index (χ4n) is 6.49. The number of carbonyl (C=O) groups is 5. The molecule has 1 saturated heterocycles. The molecule has 3 heterocycles. The van der Waals surface area contributed by atoms with Crippen LogP contribution in [0.4, 0.5) is 0 Å². The number of nitrogens with one attached hydrogen (secondary N) is 1. The lowest BCUT2D eigenvalue weighted by molar-refractivity contribution is -0.139. The van der Waals surface area contributed by atoms with Crippen molar-refractivity contribution < 1.29 is 29.1 Å². The standard InChI is InChI=1S/C33H40N8O6/c1-19(28(42)29(34)43)37-31(45)26-16-21(41-27(17-36-39-41)33(2,3)47)18-40(26)32(46)25(15-20-9-5-4-6-10-20)38-30(44)23-11-7-13-24-22(23)12-8-14-35-24/h7-8,11-14,17,19-21,26,47H,4-6,9-10,15-16,18H2,1-3H3,(H2,34,43)(H,37,45)/t19?,21-,26-/m0/s1. The van der Waals surface area contributed by atoms with Gasteiger partial charge >= 0.3 is 0 Å². The summed E-state index contributed by atoms with van der Waals surface area (Å²) in [6.07, 6.45) is 8.22. The third-order valence-electron chi connectivity index (χ3n) is 8.95. The van der Waals surface area contributed by atoms with Gasteiger partial charge < -0.3 is 21.1 Å². The fraction of sp³-hybridized carbons (Fsp3) is 0.485. The first-order chi connectivity index (χ1) is 22.3. The lowest BCUT2D eigenvalue weighted by Crippen LogP contribution is -2.52. The van der Waals surface area contributed by atoms with E-state index >= 15 is 0 Å². The molecule has 14 nitrogen and oxygen atoms in total. The Hall–Kier alpha value is -4.85. The molecule has 4 N–H and O–H groups in total. The van der Waals surface area contributed by atoms with Crippen LogP contribution in [0.5, 0.6) is 0 Å². The molecule has 3 atom stereocenters. The Morgan fingerprint density at radius 1 is 1.11 bits per heavy atom. The lowest BCUT2D eigenvalue weighted by atomic mass is 9.85. The Morgan fingerprint density at radius 2 is 1.85 bits per heavy atom. The molecule has 5 rings (SSSR count). The van der Waals surface area contributed by atoms with Gasteiger partial charge in [-0.05, 0) is 51.3 Å². The minimum Gasteiger partial charge on any atom is -0.384 e. The third-order valence-corrected chi connectivity index (χ3v) is 8.95. The zero-order valence-electron chi connectivity index (χ0n) is 26.8. The molecule has 1 aromatic carbocycles. The number of aliphatic imine (C=N–C) groups is 1. The van der Waals surface area contributed by atoms with E-state index in [9.17, 15) is 29.1 Å². The second kappa shape index (κ2) is 13.9. The van der Waals surface area contributed by atoms with Crippen molar-refractivity contribution in [3.8, 4) is 0 Å². The van der Waals surface area contributed by atoms with E-state index in [-0.39, 0.29) is 31.0 Å². The number of primary amides is 1. The maximum atomic E-state index is 14.5. The molecule has 0 radical (unpaired) electrons. The fourth-order valence-corrected chi connectivity index (χ4v) is 6.49. The van der Waals surface area contributed by atoms with Crippen LogP contribution in [-0.4, -0.2) is 83.7 Å². The molecule has 2 aromatic heterocycles. The highest BCUT2D eigenvalue weighted by molar-refractivity contribution is 6.41. The Morgan fingerprint density at radius 3 is 2.55 bits per heavy atom. The summed E-state index contributed by atoms with van der Waals surface area (Å²) in [5.74, 6) is -3.93. The third kappa shape index (κ3) is 7.43. The molecule has 2 aliphatic rings. The Balaban J connectivity index is 1.52. The highest BCUT2D eigenvalue weighted by atomic mass is 16.3. The van der Waals surface area contributed by atoms with Gasteiger partial charge in [0.15, 0.2) is 0 Å². The smallest absolute Gasteiger partial charge is 0.287 e. The van der Waals surface area contributed by atoms with Gasteiger partial charge in [0, 0.05) is 24.5 Å². The largest absolute Gasteiger partial charge is 0.384 e. The zero-order chi connectivity index (χ0) is 33.9. The van der Waals surface area contributed by atoms with Crippen molar-refractivity contribution in [3.05, 3.63) is 54.0 Å². The Bertz CT molecular complexity index is 1720. The number of fused-ring (bicyclic) bond motifs is 1. The SMILES string of the molecule is CC(NC(=O)[C@@H]1C[C@H](n2nncc2C(C)(C)O)CN1C(=O)C(CC1CCCCC1)=NC(=O)c1cccc2ncccc12)C(=O)C(N)=O.